The van der Waals surface area contributed by atoms with Crippen molar-refractivity contribution in [1.29, 1.82) is 0 Å². The van der Waals surface area contributed by atoms with E-state index in [1.54, 1.807) is 0 Å². The van der Waals surface area contributed by atoms with Crippen molar-refractivity contribution in [2.24, 2.45) is 0 Å². The first-order valence-electron chi connectivity index (χ1n) is 6.19. The molecule has 1 aliphatic carbocycles. The Kier molecular flexibility index (Phi) is 3.96. The molecule has 0 saturated heterocycles. The second kappa shape index (κ2) is 5.46. The second-order valence-electron chi connectivity index (χ2n) is 4.54. The Balaban J connectivity index is 1.89. The topological polar surface area (TPSA) is 41.3 Å². The summed E-state index contributed by atoms with van der Waals surface area (Å²) in [6.07, 6.45) is 7.75. The molecule has 1 aromatic rings. The first-order chi connectivity index (χ1) is 7.83. The Labute approximate surface area is 96.9 Å². The third-order valence-electron chi connectivity index (χ3n) is 2.98. The van der Waals surface area contributed by atoms with Crippen LogP contribution in [0.3, 0.4) is 0 Å². The van der Waals surface area contributed by atoms with E-state index in [2.05, 4.69) is 23.1 Å². The Bertz CT molecular complexity index is 320. The lowest BCUT2D eigenvalue weighted by atomic mass is 10.3. The monoisotopic (exact) mass is 223 g/mol. The summed E-state index contributed by atoms with van der Waals surface area (Å²) in [5.74, 6) is 0. The lowest BCUT2D eigenvalue weighted by Gasteiger charge is -2.19. The molecule has 0 spiro atoms. The summed E-state index contributed by atoms with van der Waals surface area (Å²) in [4.78, 5) is 2.35. The Morgan fingerprint density at radius 3 is 3.00 bits per heavy atom. The van der Waals surface area contributed by atoms with Crippen molar-refractivity contribution in [2.75, 3.05) is 13.2 Å². The maximum absolute atomic E-state index is 9.02. The minimum Gasteiger partial charge on any atom is -0.395 e. The fourth-order valence-electron chi connectivity index (χ4n) is 2.03. The van der Waals surface area contributed by atoms with E-state index in [0.717, 1.165) is 26.1 Å². The standard InChI is InChI=1S/C12H21N3O/c1-2-5-15-10-11(8-13-15)9-14(6-7-16)12-3-4-12/h8,10,12,16H,2-7,9H2,1H3. The molecule has 0 aliphatic heterocycles. The van der Waals surface area contributed by atoms with Crippen molar-refractivity contribution in [1.82, 2.24) is 14.7 Å². The second-order valence-corrected chi connectivity index (χ2v) is 4.54. The van der Waals surface area contributed by atoms with E-state index in [1.165, 1.54) is 18.4 Å². The first-order valence-corrected chi connectivity index (χ1v) is 6.19. The fourth-order valence-corrected chi connectivity index (χ4v) is 2.03. The van der Waals surface area contributed by atoms with E-state index >= 15 is 0 Å². The predicted octanol–water partition coefficient (Wildman–Crippen LogP) is 1.25. The number of aryl methyl sites for hydroxylation is 1. The van der Waals surface area contributed by atoms with Gasteiger partial charge in [0.1, 0.15) is 0 Å². The van der Waals surface area contributed by atoms with Crippen LogP contribution in [0.2, 0.25) is 0 Å². The maximum Gasteiger partial charge on any atom is 0.0558 e. The highest BCUT2D eigenvalue weighted by Crippen LogP contribution is 2.27. The average Bonchev–Trinajstić information content (AvgIpc) is 3.02. The highest BCUT2D eigenvalue weighted by Gasteiger charge is 2.28. The van der Waals surface area contributed by atoms with Gasteiger partial charge in [0.15, 0.2) is 0 Å². The van der Waals surface area contributed by atoms with Crippen LogP contribution in [0.4, 0.5) is 0 Å². The van der Waals surface area contributed by atoms with Gasteiger partial charge in [-0.1, -0.05) is 6.92 Å². The SMILES string of the molecule is CCCn1cc(CN(CCO)C2CC2)cn1. The smallest absolute Gasteiger partial charge is 0.0558 e. The van der Waals surface area contributed by atoms with E-state index in [0.29, 0.717) is 6.04 Å². The van der Waals surface area contributed by atoms with Gasteiger partial charge in [0.25, 0.3) is 0 Å². The minimum atomic E-state index is 0.250. The molecule has 4 nitrogen and oxygen atoms in total. The van der Waals surface area contributed by atoms with Gasteiger partial charge in [0.2, 0.25) is 0 Å². The first kappa shape index (κ1) is 11.6. The summed E-state index contributed by atoms with van der Waals surface area (Å²) < 4.78 is 2.00. The van der Waals surface area contributed by atoms with Gasteiger partial charge in [0.05, 0.1) is 12.8 Å². The van der Waals surface area contributed by atoms with Crippen LogP contribution in [0.25, 0.3) is 0 Å². The molecule has 4 heteroatoms. The fraction of sp³-hybridized carbons (Fsp3) is 0.750. The Morgan fingerprint density at radius 2 is 2.38 bits per heavy atom. The van der Waals surface area contributed by atoms with Crippen LogP contribution in [0, 0.1) is 0 Å². The van der Waals surface area contributed by atoms with Crippen LogP contribution >= 0.6 is 0 Å². The van der Waals surface area contributed by atoms with Crippen LogP contribution in [-0.4, -0.2) is 39.0 Å². The minimum absolute atomic E-state index is 0.250. The van der Waals surface area contributed by atoms with Crippen LogP contribution in [0.5, 0.6) is 0 Å². The summed E-state index contributed by atoms with van der Waals surface area (Å²) in [6.45, 7) is 5.10. The van der Waals surface area contributed by atoms with Crippen LogP contribution in [-0.2, 0) is 13.1 Å². The number of nitrogens with zero attached hydrogens (tertiary/aromatic N) is 3. The predicted molar refractivity (Wildman–Crippen MR) is 63.0 cm³/mol. The highest BCUT2D eigenvalue weighted by atomic mass is 16.3. The van der Waals surface area contributed by atoms with Gasteiger partial charge >= 0.3 is 0 Å². The lowest BCUT2D eigenvalue weighted by Crippen LogP contribution is -2.28. The van der Waals surface area contributed by atoms with Gasteiger partial charge < -0.3 is 5.11 Å². The Morgan fingerprint density at radius 1 is 1.56 bits per heavy atom. The quantitative estimate of drug-likeness (QED) is 0.756. The average molecular weight is 223 g/mol. The molecule has 0 aromatic carbocycles. The Hall–Kier alpha value is -0.870. The molecule has 1 aromatic heterocycles. The molecule has 90 valence electrons. The van der Waals surface area contributed by atoms with Gasteiger partial charge in [-0.05, 0) is 19.3 Å². The van der Waals surface area contributed by atoms with Crippen molar-refractivity contribution in [3.05, 3.63) is 18.0 Å². The third kappa shape index (κ3) is 3.06. The number of hydrogen-bond donors (Lipinski definition) is 1. The molecule has 1 saturated carbocycles. The van der Waals surface area contributed by atoms with E-state index < -0.39 is 0 Å². The molecular formula is C12H21N3O. The molecule has 1 fully saturated rings. The van der Waals surface area contributed by atoms with Crippen molar-refractivity contribution in [3.63, 3.8) is 0 Å². The molecule has 0 amide bonds. The molecule has 1 aliphatic rings. The molecule has 1 N–H and O–H groups in total. The van der Waals surface area contributed by atoms with Gasteiger partial charge in [-0.3, -0.25) is 9.58 Å². The molecule has 0 bridgehead atoms. The summed E-state index contributed by atoms with van der Waals surface area (Å²) in [5, 5.41) is 13.3. The third-order valence-corrected chi connectivity index (χ3v) is 2.98. The van der Waals surface area contributed by atoms with Crippen LogP contribution in [0.15, 0.2) is 12.4 Å². The van der Waals surface area contributed by atoms with Crippen molar-refractivity contribution >= 4 is 0 Å². The van der Waals surface area contributed by atoms with E-state index in [-0.39, 0.29) is 6.61 Å². The summed E-state index contributed by atoms with van der Waals surface area (Å²) in [7, 11) is 0. The van der Waals surface area contributed by atoms with Gasteiger partial charge in [-0.15, -0.1) is 0 Å². The lowest BCUT2D eigenvalue weighted by molar-refractivity contribution is 0.183. The zero-order valence-electron chi connectivity index (χ0n) is 9.97. The molecule has 0 radical (unpaired) electrons. The van der Waals surface area contributed by atoms with E-state index in [1.807, 2.05) is 10.9 Å². The van der Waals surface area contributed by atoms with Gasteiger partial charge in [0, 0.05) is 37.4 Å². The number of aliphatic hydroxyl groups is 1. The van der Waals surface area contributed by atoms with Crippen molar-refractivity contribution in [2.45, 2.75) is 45.3 Å². The van der Waals surface area contributed by atoms with Crippen LogP contribution < -0.4 is 0 Å². The summed E-state index contributed by atoms with van der Waals surface area (Å²) >= 11 is 0. The number of aliphatic hydroxyl groups excluding tert-OH is 1. The number of rotatable bonds is 7. The van der Waals surface area contributed by atoms with E-state index in [4.69, 9.17) is 5.11 Å². The zero-order chi connectivity index (χ0) is 11.4. The highest BCUT2D eigenvalue weighted by molar-refractivity contribution is 5.05. The summed E-state index contributed by atoms with van der Waals surface area (Å²) in [5.41, 5.74) is 1.26. The normalized spacial score (nSPS) is 15.9. The molecular weight excluding hydrogens is 202 g/mol. The largest absolute Gasteiger partial charge is 0.395 e. The molecule has 0 atom stereocenters. The molecule has 0 unspecified atom stereocenters. The molecule has 2 rings (SSSR count). The van der Waals surface area contributed by atoms with Crippen molar-refractivity contribution in [3.8, 4) is 0 Å². The molecule has 1 heterocycles. The summed E-state index contributed by atoms with van der Waals surface area (Å²) in [6, 6.07) is 0.696. The maximum atomic E-state index is 9.02. The van der Waals surface area contributed by atoms with E-state index in [9.17, 15) is 0 Å². The van der Waals surface area contributed by atoms with Crippen molar-refractivity contribution < 1.29 is 5.11 Å². The zero-order valence-corrected chi connectivity index (χ0v) is 9.97. The molecule has 16 heavy (non-hydrogen) atoms. The number of aromatic nitrogens is 2. The van der Waals surface area contributed by atoms with Gasteiger partial charge in [-0.2, -0.15) is 5.10 Å². The van der Waals surface area contributed by atoms with Gasteiger partial charge in [-0.25, -0.2) is 0 Å². The number of hydrogen-bond acceptors (Lipinski definition) is 3. The van der Waals surface area contributed by atoms with Crippen LogP contribution in [0.1, 0.15) is 31.7 Å².